The van der Waals surface area contributed by atoms with Crippen molar-refractivity contribution < 1.29 is 28.2 Å². The number of benzene rings is 3. The molecule has 4 aromatic rings. The van der Waals surface area contributed by atoms with Crippen molar-refractivity contribution >= 4 is 45.1 Å². The molecule has 2 heterocycles. The normalized spacial score (nSPS) is 15.4. The van der Waals surface area contributed by atoms with Crippen molar-refractivity contribution in [2.24, 2.45) is 5.73 Å². The van der Waals surface area contributed by atoms with Crippen LogP contribution in [0.2, 0.25) is 5.02 Å². The van der Waals surface area contributed by atoms with Crippen molar-refractivity contribution in [2.45, 2.75) is 64.3 Å². The summed E-state index contributed by atoms with van der Waals surface area (Å²) in [5, 5.41) is 0.383. The number of imidazole rings is 1. The van der Waals surface area contributed by atoms with Gasteiger partial charge in [0.05, 0.1) is 29.1 Å². The highest BCUT2D eigenvalue weighted by molar-refractivity contribution is 9.10. The molecule has 1 aromatic heterocycles. The average Bonchev–Trinajstić information content (AvgIpc) is 3.83. The number of carbonyl (C=O) groups is 3. The van der Waals surface area contributed by atoms with E-state index in [-0.39, 0.29) is 55.1 Å². The zero-order valence-corrected chi connectivity index (χ0v) is 28.6. The van der Waals surface area contributed by atoms with Gasteiger partial charge >= 0.3 is 5.69 Å². The van der Waals surface area contributed by atoms with Crippen LogP contribution in [0, 0.1) is 5.82 Å². The molecule has 6 rings (SSSR count). The third kappa shape index (κ3) is 6.91. The zero-order chi connectivity index (χ0) is 34.3. The third-order valence-electron chi connectivity index (χ3n) is 8.53. The van der Waals surface area contributed by atoms with Crippen molar-refractivity contribution in [3.63, 3.8) is 0 Å². The van der Waals surface area contributed by atoms with Gasteiger partial charge in [0.15, 0.2) is 11.9 Å². The Morgan fingerprint density at radius 2 is 1.73 bits per heavy atom. The Hall–Kier alpha value is -4.42. The van der Waals surface area contributed by atoms with Crippen LogP contribution in [0.4, 0.5) is 4.39 Å². The van der Waals surface area contributed by atoms with E-state index in [1.54, 1.807) is 54.3 Å². The lowest BCUT2D eigenvalue weighted by Gasteiger charge is -2.28. The van der Waals surface area contributed by atoms with Gasteiger partial charge in [-0.25, -0.2) is 9.18 Å². The summed E-state index contributed by atoms with van der Waals surface area (Å²) in [6.45, 7) is 3.60. The predicted octanol–water partition coefficient (Wildman–Crippen LogP) is 6.02. The lowest BCUT2D eigenvalue weighted by molar-refractivity contribution is -0.124. The minimum atomic E-state index is -0.950. The molecule has 48 heavy (non-hydrogen) atoms. The quantitative estimate of drug-likeness (QED) is 0.188. The van der Waals surface area contributed by atoms with Crippen LogP contribution in [0.5, 0.6) is 11.5 Å². The Labute approximate surface area is 289 Å². The minimum absolute atomic E-state index is 0.00549. The Kier molecular flexibility index (Phi) is 9.48. The standard InChI is InChI=1S/C35H33BrClFN4O6/c1-19(26-11-10-25(17-29(26)38)47-20(2)33(39)44)15-31(43)32-30-18-40(34(45)21-3-12-27(36)28(37)16-21)13-14-41(30)35(46)42(32)22-4-6-23(7-5-22)48-24-8-9-24/h3-7,10-12,16-17,19-20,24H,8-9,13-15,18H2,1-2H3,(H2,39,44)/t19-,20+/m1/s1. The first-order chi connectivity index (χ1) is 22.9. The summed E-state index contributed by atoms with van der Waals surface area (Å²) in [5.74, 6) is -1.79. The van der Waals surface area contributed by atoms with Crippen molar-refractivity contribution in [1.29, 1.82) is 0 Å². The lowest BCUT2D eigenvalue weighted by atomic mass is 9.93. The molecule has 13 heteroatoms. The molecule has 2 amide bonds. The number of rotatable bonds is 11. The minimum Gasteiger partial charge on any atom is -0.490 e. The van der Waals surface area contributed by atoms with Crippen LogP contribution in [0.25, 0.3) is 5.69 Å². The summed E-state index contributed by atoms with van der Waals surface area (Å²) >= 11 is 9.60. The topological polar surface area (TPSA) is 126 Å². The van der Waals surface area contributed by atoms with E-state index in [0.29, 0.717) is 32.2 Å². The number of primary amides is 1. The van der Waals surface area contributed by atoms with Gasteiger partial charge in [-0.1, -0.05) is 24.6 Å². The van der Waals surface area contributed by atoms with Crippen LogP contribution in [-0.4, -0.2) is 50.4 Å². The second kappa shape index (κ2) is 13.6. The maximum atomic E-state index is 15.3. The number of hydrogen-bond donors (Lipinski definition) is 1. The highest BCUT2D eigenvalue weighted by Crippen LogP contribution is 2.31. The number of halogens is 3. The number of hydrogen-bond acceptors (Lipinski definition) is 6. The van der Waals surface area contributed by atoms with E-state index in [1.807, 2.05) is 0 Å². The fraction of sp³-hybridized carbons (Fsp3) is 0.314. The molecular weight excluding hydrogens is 707 g/mol. The van der Waals surface area contributed by atoms with Gasteiger partial charge in [-0.05, 0) is 95.7 Å². The van der Waals surface area contributed by atoms with Gasteiger partial charge in [0, 0.05) is 35.6 Å². The molecule has 2 aliphatic rings. The first-order valence-electron chi connectivity index (χ1n) is 15.6. The molecule has 1 aliphatic heterocycles. The number of aromatic nitrogens is 2. The number of nitrogens with zero attached hydrogens (tertiary/aromatic N) is 3. The Morgan fingerprint density at radius 3 is 2.38 bits per heavy atom. The first-order valence-corrected chi connectivity index (χ1v) is 16.7. The summed E-state index contributed by atoms with van der Waals surface area (Å²) in [4.78, 5) is 54.7. The van der Waals surface area contributed by atoms with Gasteiger partial charge in [-0.2, -0.15) is 0 Å². The Morgan fingerprint density at radius 1 is 1.02 bits per heavy atom. The maximum absolute atomic E-state index is 15.3. The van der Waals surface area contributed by atoms with Gasteiger partial charge in [-0.3, -0.25) is 23.5 Å². The summed E-state index contributed by atoms with van der Waals surface area (Å²) in [5.41, 5.74) is 6.46. The van der Waals surface area contributed by atoms with E-state index in [4.69, 9.17) is 26.8 Å². The molecule has 2 N–H and O–H groups in total. The number of amides is 2. The summed E-state index contributed by atoms with van der Waals surface area (Å²) in [7, 11) is 0. The van der Waals surface area contributed by atoms with Gasteiger partial charge in [0.2, 0.25) is 0 Å². The van der Waals surface area contributed by atoms with Crippen molar-refractivity contribution in [3.8, 4) is 17.2 Å². The van der Waals surface area contributed by atoms with E-state index in [2.05, 4.69) is 15.9 Å². The molecule has 1 aliphatic carbocycles. The van der Waals surface area contributed by atoms with E-state index >= 15 is 4.39 Å². The summed E-state index contributed by atoms with van der Waals surface area (Å²) in [6, 6.07) is 16.1. The number of Topliss-reactive ketones (excluding diaryl/α,β-unsaturated/α-hetero) is 1. The van der Waals surface area contributed by atoms with Gasteiger partial charge in [-0.15, -0.1) is 0 Å². The van der Waals surface area contributed by atoms with E-state index in [9.17, 15) is 19.2 Å². The molecule has 0 saturated heterocycles. The van der Waals surface area contributed by atoms with Crippen molar-refractivity contribution in [1.82, 2.24) is 14.0 Å². The summed E-state index contributed by atoms with van der Waals surface area (Å²) in [6.07, 6.45) is 1.10. The number of carbonyl (C=O) groups excluding carboxylic acids is 3. The molecule has 10 nitrogen and oxygen atoms in total. The van der Waals surface area contributed by atoms with Crippen LogP contribution < -0.4 is 20.9 Å². The second-order valence-corrected chi connectivity index (χ2v) is 13.4. The first kappa shape index (κ1) is 33.5. The van der Waals surface area contributed by atoms with Crippen LogP contribution >= 0.6 is 27.5 Å². The summed E-state index contributed by atoms with van der Waals surface area (Å²) < 4.78 is 30.1. The van der Waals surface area contributed by atoms with Crippen LogP contribution in [-0.2, 0) is 17.9 Å². The molecule has 0 unspecified atom stereocenters. The zero-order valence-electron chi connectivity index (χ0n) is 26.3. The predicted molar refractivity (Wildman–Crippen MR) is 181 cm³/mol. The van der Waals surface area contributed by atoms with E-state index in [1.165, 1.54) is 28.2 Å². The Bertz CT molecular complexity index is 1970. The number of ether oxygens (including phenoxy) is 2. The molecular formula is C35H33BrClFN4O6. The van der Waals surface area contributed by atoms with Crippen molar-refractivity contribution in [3.05, 3.63) is 109 Å². The van der Waals surface area contributed by atoms with Gasteiger partial charge in [0.25, 0.3) is 11.8 Å². The van der Waals surface area contributed by atoms with Crippen LogP contribution in [0.3, 0.4) is 0 Å². The highest BCUT2D eigenvalue weighted by Gasteiger charge is 2.33. The largest absolute Gasteiger partial charge is 0.490 e. The molecule has 0 spiro atoms. The molecule has 0 radical (unpaired) electrons. The third-order valence-corrected chi connectivity index (χ3v) is 9.76. The van der Waals surface area contributed by atoms with Crippen molar-refractivity contribution in [2.75, 3.05) is 6.54 Å². The Balaban J connectivity index is 1.33. The van der Waals surface area contributed by atoms with Crippen LogP contribution in [0.15, 0.2) is 69.9 Å². The lowest BCUT2D eigenvalue weighted by Crippen LogP contribution is -2.41. The second-order valence-electron chi connectivity index (χ2n) is 12.1. The fourth-order valence-electron chi connectivity index (χ4n) is 5.75. The smallest absolute Gasteiger partial charge is 0.333 e. The van der Waals surface area contributed by atoms with Gasteiger partial charge < -0.3 is 20.1 Å². The number of ketones is 1. The van der Waals surface area contributed by atoms with Crippen LogP contribution in [0.1, 0.15) is 71.1 Å². The highest BCUT2D eigenvalue weighted by atomic mass is 79.9. The monoisotopic (exact) mass is 738 g/mol. The molecule has 250 valence electrons. The number of nitrogens with two attached hydrogens (primary N) is 1. The number of fused-ring (bicyclic) bond motifs is 1. The molecule has 0 bridgehead atoms. The molecule has 1 saturated carbocycles. The van der Waals surface area contributed by atoms with Gasteiger partial charge in [0.1, 0.15) is 23.0 Å². The molecule has 1 fully saturated rings. The maximum Gasteiger partial charge on any atom is 0.333 e. The van der Waals surface area contributed by atoms with E-state index in [0.717, 1.165) is 18.9 Å². The molecule has 2 atom stereocenters. The van der Waals surface area contributed by atoms with E-state index < -0.39 is 35.2 Å². The average molecular weight is 740 g/mol. The molecule has 3 aromatic carbocycles. The fourth-order valence-corrected chi connectivity index (χ4v) is 6.18. The SMILES string of the molecule is C[C@H](Oc1ccc([C@H](C)CC(=O)c2c3n(c(=O)n2-c2ccc(OC4CC4)cc2)CCN(C(=O)c2ccc(Br)c(Cl)c2)C3)c(F)c1)C(N)=O.